The lowest BCUT2D eigenvalue weighted by Crippen LogP contribution is -1.98. The molecule has 13 heavy (non-hydrogen) atoms. The van der Waals surface area contributed by atoms with E-state index >= 15 is 0 Å². The third-order valence-electron chi connectivity index (χ3n) is 1.61. The number of nitrogen functional groups attached to an aromatic ring is 1. The standard InChI is InChI=1S/C9H13NO2S/c1-3-12-7-4-5-8(10)9(6-7)13(2)11/h4-6H,3,10H2,1-2H3. The van der Waals surface area contributed by atoms with Gasteiger partial charge in [-0.05, 0) is 25.1 Å². The fraction of sp³-hybridized carbons (Fsp3) is 0.333. The molecule has 1 aromatic carbocycles. The number of anilines is 1. The lowest BCUT2D eigenvalue weighted by Gasteiger charge is -2.06. The number of hydrogen-bond donors (Lipinski definition) is 1. The second-order valence-electron chi connectivity index (χ2n) is 2.59. The molecule has 4 heteroatoms. The van der Waals surface area contributed by atoms with Crippen molar-refractivity contribution >= 4 is 16.5 Å². The zero-order valence-electron chi connectivity index (χ0n) is 7.74. The van der Waals surface area contributed by atoms with Crippen molar-refractivity contribution in [1.82, 2.24) is 0 Å². The van der Waals surface area contributed by atoms with E-state index in [1.165, 1.54) is 0 Å². The molecule has 1 rings (SSSR count). The van der Waals surface area contributed by atoms with Crippen molar-refractivity contribution in [2.75, 3.05) is 18.6 Å². The van der Waals surface area contributed by atoms with Gasteiger partial charge in [0.2, 0.25) is 0 Å². The van der Waals surface area contributed by atoms with Crippen molar-refractivity contribution < 1.29 is 8.95 Å². The normalized spacial score (nSPS) is 12.5. The first-order chi connectivity index (χ1) is 6.15. The molecule has 0 aromatic heterocycles. The fourth-order valence-corrected chi connectivity index (χ4v) is 1.70. The predicted molar refractivity (Wildman–Crippen MR) is 54.4 cm³/mol. The van der Waals surface area contributed by atoms with E-state index < -0.39 is 10.8 Å². The monoisotopic (exact) mass is 199 g/mol. The summed E-state index contributed by atoms with van der Waals surface area (Å²) in [6.45, 7) is 2.50. The highest BCUT2D eigenvalue weighted by Gasteiger charge is 2.04. The first kappa shape index (κ1) is 10.1. The third-order valence-corrected chi connectivity index (χ3v) is 2.58. The summed E-state index contributed by atoms with van der Waals surface area (Å²) in [5.41, 5.74) is 6.18. The van der Waals surface area contributed by atoms with E-state index in [1.54, 1.807) is 24.5 Å². The van der Waals surface area contributed by atoms with E-state index in [-0.39, 0.29) is 0 Å². The lowest BCUT2D eigenvalue weighted by atomic mass is 10.3. The highest BCUT2D eigenvalue weighted by atomic mass is 32.2. The first-order valence-corrected chi connectivity index (χ1v) is 5.56. The SMILES string of the molecule is CCOc1ccc(N)c(S(C)=O)c1. The van der Waals surface area contributed by atoms with Crippen LogP contribution in [0.1, 0.15) is 6.92 Å². The maximum absolute atomic E-state index is 11.2. The van der Waals surface area contributed by atoms with Gasteiger partial charge >= 0.3 is 0 Å². The number of hydrogen-bond acceptors (Lipinski definition) is 3. The molecule has 0 saturated carbocycles. The smallest absolute Gasteiger partial charge is 0.120 e. The number of ether oxygens (including phenoxy) is 1. The molecule has 0 saturated heterocycles. The van der Waals surface area contributed by atoms with Gasteiger partial charge in [-0.2, -0.15) is 0 Å². The average Bonchev–Trinajstić information content (AvgIpc) is 2.08. The molecule has 0 aliphatic heterocycles. The molecule has 1 aromatic rings. The van der Waals surface area contributed by atoms with Gasteiger partial charge in [0.15, 0.2) is 0 Å². The van der Waals surface area contributed by atoms with E-state index in [0.29, 0.717) is 22.9 Å². The molecule has 1 atom stereocenters. The number of rotatable bonds is 3. The Morgan fingerprint density at radius 1 is 1.54 bits per heavy atom. The van der Waals surface area contributed by atoms with Crippen molar-refractivity contribution in [3.8, 4) is 5.75 Å². The Labute approximate surface area is 80.4 Å². The summed E-state index contributed by atoms with van der Waals surface area (Å²) < 4.78 is 16.5. The van der Waals surface area contributed by atoms with Crippen molar-refractivity contribution in [3.05, 3.63) is 18.2 Å². The molecule has 3 nitrogen and oxygen atoms in total. The van der Waals surface area contributed by atoms with E-state index in [4.69, 9.17) is 10.5 Å². The van der Waals surface area contributed by atoms with Gasteiger partial charge in [0.1, 0.15) is 5.75 Å². The van der Waals surface area contributed by atoms with Crippen LogP contribution < -0.4 is 10.5 Å². The quantitative estimate of drug-likeness (QED) is 0.749. The van der Waals surface area contributed by atoms with Gasteiger partial charge in [0.25, 0.3) is 0 Å². The number of nitrogens with two attached hydrogens (primary N) is 1. The largest absolute Gasteiger partial charge is 0.494 e. The van der Waals surface area contributed by atoms with E-state index in [1.807, 2.05) is 6.92 Å². The molecule has 0 aliphatic rings. The minimum absolute atomic E-state index is 0.546. The molecule has 0 aliphatic carbocycles. The Hall–Kier alpha value is -1.03. The van der Waals surface area contributed by atoms with Gasteiger partial charge in [-0.3, -0.25) is 4.21 Å². The third kappa shape index (κ3) is 2.45. The molecule has 0 bridgehead atoms. The molecule has 2 N–H and O–H groups in total. The Bertz CT molecular complexity index is 325. The van der Waals surface area contributed by atoms with Crippen molar-refractivity contribution in [2.24, 2.45) is 0 Å². The number of benzene rings is 1. The van der Waals surface area contributed by atoms with E-state index in [0.717, 1.165) is 0 Å². The zero-order valence-corrected chi connectivity index (χ0v) is 8.56. The minimum atomic E-state index is -1.06. The first-order valence-electron chi connectivity index (χ1n) is 4.01. The molecule has 0 heterocycles. The highest BCUT2D eigenvalue weighted by Crippen LogP contribution is 2.21. The molecule has 0 amide bonds. The molecule has 1 unspecified atom stereocenters. The van der Waals surface area contributed by atoms with Crippen molar-refractivity contribution in [2.45, 2.75) is 11.8 Å². The van der Waals surface area contributed by atoms with Crippen LogP contribution in [-0.4, -0.2) is 17.1 Å². The fourth-order valence-electron chi connectivity index (χ4n) is 1.02. The highest BCUT2D eigenvalue weighted by molar-refractivity contribution is 7.84. The summed E-state index contributed by atoms with van der Waals surface area (Å²) in [5.74, 6) is 0.710. The summed E-state index contributed by atoms with van der Waals surface area (Å²) in [7, 11) is -1.06. The van der Waals surface area contributed by atoms with Gasteiger partial charge in [-0.25, -0.2) is 0 Å². The molecule has 0 spiro atoms. The second kappa shape index (κ2) is 4.28. The van der Waals surface area contributed by atoms with Crippen LogP contribution in [0.2, 0.25) is 0 Å². The van der Waals surface area contributed by atoms with Crippen LogP contribution >= 0.6 is 0 Å². The van der Waals surface area contributed by atoms with Crippen molar-refractivity contribution in [1.29, 1.82) is 0 Å². The van der Waals surface area contributed by atoms with Gasteiger partial charge in [0.05, 0.1) is 22.3 Å². The van der Waals surface area contributed by atoms with Crippen LogP contribution in [0.25, 0.3) is 0 Å². The predicted octanol–water partition coefficient (Wildman–Crippen LogP) is 1.40. The minimum Gasteiger partial charge on any atom is -0.494 e. The van der Waals surface area contributed by atoms with E-state index in [9.17, 15) is 4.21 Å². The summed E-state index contributed by atoms with van der Waals surface area (Å²) in [6, 6.07) is 5.20. The Balaban J connectivity index is 3.04. The Kier molecular flexibility index (Phi) is 3.31. The molecular weight excluding hydrogens is 186 g/mol. The summed E-state index contributed by atoms with van der Waals surface area (Å²) in [5, 5.41) is 0. The van der Waals surface area contributed by atoms with Crippen LogP contribution in [0.15, 0.2) is 23.1 Å². The zero-order chi connectivity index (χ0) is 9.84. The van der Waals surface area contributed by atoms with Crippen LogP contribution in [0.3, 0.4) is 0 Å². The molecule has 0 fully saturated rings. The van der Waals surface area contributed by atoms with Gasteiger partial charge < -0.3 is 10.5 Å². The van der Waals surface area contributed by atoms with Crippen LogP contribution in [0.4, 0.5) is 5.69 Å². The molecule has 0 radical (unpaired) electrons. The molecular formula is C9H13NO2S. The van der Waals surface area contributed by atoms with Crippen LogP contribution in [-0.2, 0) is 10.8 Å². The lowest BCUT2D eigenvalue weighted by molar-refractivity contribution is 0.339. The van der Waals surface area contributed by atoms with Gasteiger partial charge in [-0.15, -0.1) is 0 Å². The van der Waals surface area contributed by atoms with Crippen molar-refractivity contribution in [3.63, 3.8) is 0 Å². The summed E-state index contributed by atoms with van der Waals surface area (Å²) in [4.78, 5) is 0.631. The van der Waals surface area contributed by atoms with Gasteiger partial charge in [-0.1, -0.05) is 0 Å². The summed E-state index contributed by atoms with van der Waals surface area (Å²) in [6.07, 6.45) is 1.60. The second-order valence-corrected chi connectivity index (χ2v) is 3.93. The van der Waals surface area contributed by atoms with Crippen LogP contribution in [0, 0.1) is 0 Å². The molecule has 72 valence electrons. The maximum Gasteiger partial charge on any atom is 0.120 e. The summed E-state index contributed by atoms with van der Waals surface area (Å²) >= 11 is 0. The van der Waals surface area contributed by atoms with Gasteiger partial charge in [0, 0.05) is 11.9 Å². The topological polar surface area (TPSA) is 52.3 Å². The maximum atomic E-state index is 11.2. The Morgan fingerprint density at radius 3 is 2.77 bits per heavy atom. The van der Waals surface area contributed by atoms with E-state index in [2.05, 4.69) is 0 Å². The Morgan fingerprint density at radius 2 is 2.23 bits per heavy atom. The van der Waals surface area contributed by atoms with Crippen LogP contribution in [0.5, 0.6) is 5.75 Å². The average molecular weight is 199 g/mol.